The molecule has 2 aromatic rings. The van der Waals surface area contributed by atoms with E-state index in [4.69, 9.17) is 25.8 Å². The summed E-state index contributed by atoms with van der Waals surface area (Å²) >= 11 is 5.33. The van der Waals surface area contributed by atoms with Gasteiger partial charge < -0.3 is 19.3 Å². The lowest BCUT2D eigenvalue weighted by Gasteiger charge is -2.11. The van der Waals surface area contributed by atoms with Crippen LogP contribution in [0.15, 0.2) is 24.3 Å². The van der Waals surface area contributed by atoms with Crippen LogP contribution < -0.4 is 14.2 Å². The van der Waals surface area contributed by atoms with E-state index in [1.807, 2.05) is 0 Å². The first-order valence-corrected chi connectivity index (χ1v) is 7.82. The van der Waals surface area contributed by atoms with Crippen molar-refractivity contribution in [2.45, 2.75) is 0 Å². The number of esters is 1. The number of ether oxygens (including phenoxy) is 3. The molecule has 0 saturated heterocycles. The highest BCUT2D eigenvalue weighted by Crippen LogP contribution is 2.41. The van der Waals surface area contributed by atoms with Crippen molar-refractivity contribution >= 4 is 34.2 Å². The summed E-state index contributed by atoms with van der Waals surface area (Å²) < 4.78 is 14.7. The first-order chi connectivity index (χ1) is 13.6. The largest absolute Gasteiger partial charge is 0.500 e. The lowest BCUT2D eigenvalue weighted by molar-refractivity contribution is -0.386. The molecule has 0 spiro atoms. The maximum atomic E-state index is 12.5. The van der Waals surface area contributed by atoms with Gasteiger partial charge >= 0.3 is 17.3 Å². The van der Waals surface area contributed by atoms with E-state index >= 15 is 0 Å². The minimum atomic E-state index is -1.25. The summed E-state index contributed by atoms with van der Waals surface area (Å²) in [5, 5.41) is 31.1. The maximum absolute atomic E-state index is 12.5. The minimum absolute atomic E-state index is 0.281. The van der Waals surface area contributed by atoms with E-state index in [0.29, 0.717) is 6.07 Å². The third-order valence-corrected chi connectivity index (χ3v) is 3.80. The summed E-state index contributed by atoms with van der Waals surface area (Å²) in [6.07, 6.45) is 0. The first-order valence-electron chi connectivity index (χ1n) is 7.44. The number of hydrogen-bond donors (Lipinski definition) is 1. The van der Waals surface area contributed by atoms with Crippen LogP contribution in [0.25, 0.3) is 0 Å². The number of phenols is 1. The standard InChI is InChI=1S/C16H11ClN2O10/c1-27-11-6-8(4-9(13(11)20)18(23)24)16(22)29-14-10(19(25)26)3-7(15(17)21)5-12(14)28-2/h3-6,20H,1-2H3. The van der Waals surface area contributed by atoms with Gasteiger partial charge in [-0.1, -0.05) is 0 Å². The van der Waals surface area contributed by atoms with Crippen molar-refractivity contribution in [3.05, 3.63) is 55.6 Å². The third-order valence-electron chi connectivity index (χ3n) is 3.58. The molecule has 0 bridgehead atoms. The normalized spacial score (nSPS) is 10.2. The van der Waals surface area contributed by atoms with E-state index in [9.17, 15) is 34.9 Å². The molecule has 0 fully saturated rings. The molecule has 2 rings (SSSR count). The number of nitrogens with zero attached hydrogens (tertiary/aromatic N) is 2. The Labute approximate surface area is 166 Å². The Morgan fingerprint density at radius 2 is 1.45 bits per heavy atom. The van der Waals surface area contributed by atoms with Crippen LogP contribution in [0, 0.1) is 20.2 Å². The third kappa shape index (κ3) is 4.32. The number of benzene rings is 2. The van der Waals surface area contributed by atoms with Gasteiger partial charge in [0.2, 0.25) is 11.5 Å². The molecule has 0 aliphatic rings. The fraction of sp³-hybridized carbons (Fsp3) is 0.125. The molecule has 0 saturated carbocycles. The smallest absolute Gasteiger partial charge is 0.344 e. The lowest BCUT2D eigenvalue weighted by atomic mass is 10.1. The Bertz CT molecular complexity index is 1040. The average molecular weight is 427 g/mol. The fourth-order valence-corrected chi connectivity index (χ4v) is 2.36. The van der Waals surface area contributed by atoms with Gasteiger partial charge in [-0.05, 0) is 23.7 Å². The van der Waals surface area contributed by atoms with Gasteiger partial charge in [0.05, 0.1) is 29.6 Å². The zero-order chi connectivity index (χ0) is 21.9. The zero-order valence-corrected chi connectivity index (χ0v) is 15.5. The number of nitro groups is 2. The van der Waals surface area contributed by atoms with E-state index in [1.165, 1.54) is 0 Å². The molecule has 2 aromatic carbocycles. The summed E-state index contributed by atoms with van der Waals surface area (Å²) in [6.45, 7) is 0. The Kier molecular flexibility index (Phi) is 6.18. The van der Waals surface area contributed by atoms with Crippen LogP contribution in [-0.4, -0.2) is 40.4 Å². The SMILES string of the molecule is COc1cc(C(=O)Oc2c(OC)cc(C(=O)Cl)cc2[N+](=O)[O-])cc([N+](=O)[O-])c1O. The van der Waals surface area contributed by atoms with Gasteiger partial charge in [-0.15, -0.1) is 0 Å². The zero-order valence-electron chi connectivity index (χ0n) is 14.7. The van der Waals surface area contributed by atoms with E-state index in [2.05, 4.69) is 0 Å². The maximum Gasteiger partial charge on any atom is 0.344 e. The van der Waals surface area contributed by atoms with E-state index < -0.39 is 55.2 Å². The van der Waals surface area contributed by atoms with Gasteiger partial charge in [0, 0.05) is 17.7 Å². The van der Waals surface area contributed by atoms with Gasteiger partial charge in [-0.25, -0.2) is 4.79 Å². The minimum Gasteiger partial charge on any atom is -0.500 e. The summed E-state index contributed by atoms with van der Waals surface area (Å²) in [5.74, 6) is -3.47. The van der Waals surface area contributed by atoms with E-state index in [1.54, 1.807) is 0 Å². The number of carbonyl (C=O) groups is 2. The number of nitro benzene ring substituents is 2. The number of phenolic OH excluding ortho intramolecular Hbond substituents is 1. The monoisotopic (exact) mass is 426 g/mol. The van der Waals surface area contributed by atoms with Crippen molar-refractivity contribution in [3.8, 4) is 23.0 Å². The summed E-state index contributed by atoms with van der Waals surface area (Å²) in [6, 6.07) is 3.44. The molecule has 29 heavy (non-hydrogen) atoms. The number of carbonyl (C=O) groups excluding carboxylic acids is 2. The second-order valence-corrected chi connectivity index (χ2v) is 5.59. The Hall–Kier alpha value is -3.93. The van der Waals surface area contributed by atoms with Crippen LogP contribution in [0.2, 0.25) is 0 Å². The summed E-state index contributed by atoms with van der Waals surface area (Å²) in [4.78, 5) is 44.3. The molecule has 0 unspecified atom stereocenters. The molecule has 152 valence electrons. The molecule has 12 nitrogen and oxygen atoms in total. The Morgan fingerprint density at radius 3 is 1.93 bits per heavy atom. The molecular weight excluding hydrogens is 416 g/mol. The van der Waals surface area contributed by atoms with Crippen molar-refractivity contribution in [2.24, 2.45) is 0 Å². The van der Waals surface area contributed by atoms with Crippen LogP contribution >= 0.6 is 11.6 Å². The number of halogens is 1. The highest BCUT2D eigenvalue weighted by atomic mass is 35.5. The van der Waals surface area contributed by atoms with Crippen molar-refractivity contribution in [1.29, 1.82) is 0 Å². The Morgan fingerprint density at radius 1 is 0.931 bits per heavy atom. The van der Waals surface area contributed by atoms with Crippen LogP contribution in [-0.2, 0) is 0 Å². The highest BCUT2D eigenvalue weighted by molar-refractivity contribution is 6.67. The van der Waals surface area contributed by atoms with Crippen molar-refractivity contribution in [2.75, 3.05) is 14.2 Å². The molecule has 0 aliphatic heterocycles. The molecule has 0 heterocycles. The number of rotatable bonds is 7. The predicted molar refractivity (Wildman–Crippen MR) is 96.1 cm³/mol. The van der Waals surface area contributed by atoms with Crippen molar-refractivity contribution in [1.82, 2.24) is 0 Å². The topological polar surface area (TPSA) is 168 Å². The van der Waals surface area contributed by atoms with Crippen LogP contribution in [0.1, 0.15) is 20.7 Å². The molecule has 0 aromatic heterocycles. The lowest BCUT2D eigenvalue weighted by Crippen LogP contribution is -2.12. The fourth-order valence-electron chi connectivity index (χ4n) is 2.25. The average Bonchev–Trinajstić information content (AvgIpc) is 2.67. The van der Waals surface area contributed by atoms with E-state index in [0.717, 1.165) is 32.4 Å². The second-order valence-electron chi connectivity index (χ2n) is 5.25. The Balaban J connectivity index is 2.58. The molecular formula is C16H11ClN2O10. The van der Waals surface area contributed by atoms with Gasteiger partial charge in [-0.2, -0.15) is 0 Å². The van der Waals surface area contributed by atoms with Crippen molar-refractivity contribution in [3.63, 3.8) is 0 Å². The quantitative estimate of drug-likeness (QED) is 0.228. The molecule has 1 N–H and O–H groups in total. The van der Waals surface area contributed by atoms with Gasteiger partial charge in [-0.3, -0.25) is 25.0 Å². The first kappa shape index (κ1) is 21.4. The summed E-state index contributed by atoms with van der Waals surface area (Å²) in [5.41, 5.74) is -2.38. The molecule has 0 atom stereocenters. The molecule has 0 amide bonds. The molecule has 0 radical (unpaired) electrons. The van der Waals surface area contributed by atoms with Crippen LogP contribution in [0.5, 0.6) is 23.0 Å². The van der Waals surface area contributed by atoms with Gasteiger partial charge in [0.15, 0.2) is 11.5 Å². The highest BCUT2D eigenvalue weighted by Gasteiger charge is 2.29. The van der Waals surface area contributed by atoms with Crippen molar-refractivity contribution < 1.29 is 38.8 Å². The molecule has 13 heteroatoms. The van der Waals surface area contributed by atoms with Gasteiger partial charge in [0.1, 0.15) is 0 Å². The number of hydrogen-bond acceptors (Lipinski definition) is 10. The van der Waals surface area contributed by atoms with Crippen LogP contribution in [0.3, 0.4) is 0 Å². The summed E-state index contributed by atoms with van der Waals surface area (Å²) in [7, 11) is 2.21. The van der Waals surface area contributed by atoms with E-state index in [-0.39, 0.29) is 11.3 Å². The van der Waals surface area contributed by atoms with Gasteiger partial charge in [0.25, 0.3) is 5.24 Å². The predicted octanol–water partition coefficient (Wildman–Crippen LogP) is 2.82. The number of aromatic hydroxyl groups is 1. The second kappa shape index (κ2) is 8.39. The number of methoxy groups -OCH3 is 2. The van der Waals surface area contributed by atoms with Crippen LogP contribution in [0.4, 0.5) is 11.4 Å². The molecule has 0 aliphatic carbocycles.